The molecule has 1 heterocycles. The van der Waals surface area contributed by atoms with E-state index in [0.29, 0.717) is 17.1 Å². The summed E-state index contributed by atoms with van der Waals surface area (Å²) in [5.41, 5.74) is 1.42. The number of carbonyl (C=O) groups is 1. The lowest BCUT2D eigenvalue weighted by molar-refractivity contribution is -0.384. The zero-order chi connectivity index (χ0) is 14.2. The van der Waals surface area contributed by atoms with Crippen LogP contribution in [0.15, 0.2) is 24.3 Å². The molecule has 0 saturated heterocycles. The molecule has 0 saturated carbocycles. The number of para-hydroxylation sites is 2. The zero-order valence-electron chi connectivity index (χ0n) is 10.3. The number of aryl methyl sites for hydroxylation is 1. The Morgan fingerprint density at radius 3 is 2.53 bits per heavy atom. The maximum Gasteiger partial charge on any atom is 0.294 e. The maximum atomic E-state index is 11.3. The van der Waals surface area contributed by atoms with E-state index < -0.39 is 10.2 Å². The van der Waals surface area contributed by atoms with E-state index in [0.717, 1.165) is 0 Å². The van der Waals surface area contributed by atoms with Crippen LogP contribution in [0.3, 0.4) is 0 Å². The number of hydrogen-bond acceptors (Lipinski definition) is 4. The van der Waals surface area contributed by atoms with Gasteiger partial charge in [-0.3, -0.25) is 14.9 Å². The Hall–Kier alpha value is -2.21. The summed E-state index contributed by atoms with van der Waals surface area (Å²) in [4.78, 5) is 21.8. The second-order valence-corrected chi connectivity index (χ2v) is 4.32. The molecule has 0 radical (unpaired) electrons. The minimum atomic E-state index is -0.625. The highest BCUT2D eigenvalue weighted by Gasteiger charge is 2.22. The molecule has 0 aliphatic rings. The number of rotatable bonds is 3. The maximum absolute atomic E-state index is 11.3. The van der Waals surface area contributed by atoms with Gasteiger partial charge in [-0.15, -0.1) is 0 Å². The first-order valence-corrected chi connectivity index (χ1v) is 5.81. The summed E-state index contributed by atoms with van der Waals surface area (Å²) in [5, 5.41) is 14.5. The molecule has 0 N–H and O–H groups in total. The van der Waals surface area contributed by atoms with Crippen LogP contribution < -0.4 is 0 Å². The quantitative estimate of drug-likeness (QED) is 0.492. The van der Waals surface area contributed by atoms with Crippen molar-refractivity contribution in [1.29, 1.82) is 0 Å². The lowest BCUT2D eigenvalue weighted by Crippen LogP contribution is -2.04. The predicted molar refractivity (Wildman–Crippen MR) is 69.9 cm³/mol. The van der Waals surface area contributed by atoms with E-state index in [9.17, 15) is 14.9 Å². The molecule has 0 unspecified atom stereocenters. The van der Waals surface area contributed by atoms with Crippen LogP contribution in [0.4, 0.5) is 5.69 Å². The summed E-state index contributed by atoms with van der Waals surface area (Å²) >= 11 is 5.49. The Morgan fingerprint density at radius 2 is 2.00 bits per heavy atom. The molecule has 0 atom stereocenters. The van der Waals surface area contributed by atoms with Crippen molar-refractivity contribution >= 4 is 22.5 Å². The van der Waals surface area contributed by atoms with Crippen LogP contribution in [-0.4, -0.2) is 19.9 Å². The van der Waals surface area contributed by atoms with Gasteiger partial charge in [0.15, 0.2) is 0 Å². The molecule has 1 aromatic carbocycles. The predicted octanol–water partition coefficient (Wildman–Crippen LogP) is 2.78. The van der Waals surface area contributed by atoms with Crippen molar-refractivity contribution in [1.82, 2.24) is 9.78 Å². The second kappa shape index (κ2) is 4.81. The number of nitro groups is 1. The van der Waals surface area contributed by atoms with Gasteiger partial charge in [0.05, 0.1) is 21.9 Å². The Bertz CT molecular complexity index is 679. The van der Waals surface area contributed by atoms with Crippen LogP contribution in [-0.2, 0) is 0 Å². The fourth-order valence-electron chi connectivity index (χ4n) is 1.96. The van der Waals surface area contributed by atoms with Crippen molar-refractivity contribution in [2.24, 2.45) is 0 Å². The average molecular weight is 280 g/mol. The van der Waals surface area contributed by atoms with E-state index in [1.54, 1.807) is 32.0 Å². The van der Waals surface area contributed by atoms with Gasteiger partial charge in [0.2, 0.25) is 0 Å². The largest absolute Gasteiger partial charge is 0.294 e. The number of nitrogens with zero attached hydrogens (tertiary/aromatic N) is 3. The second-order valence-electron chi connectivity index (χ2n) is 3.98. The molecule has 0 aliphatic heterocycles. The van der Waals surface area contributed by atoms with E-state index in [1.165, 1.54) is 10.7 Å². The Balaban J connectivity index is 2.70. The minimum absolute atomic E-state index is 0.0818. The minimum Gasteiger partial charge on any atom is -0.275 e. The number of hydrogen-bond donors (Lipinski definition) is 0. The van der Waals surface area contributed by atoms with Crippen molar-refractivity contribution in [3.05, 3.63) is 51.3 Å². The van der Waals surface area contributed by atoms with Gasteiger partial charge in [0.1, 0.15) is 5.69 Å². The third-order valence-corrected chi connectivity index (χ3v) is 2.98. The molecule has 0 fully saturated rings. The normalized spacial score (nSPS) is 10.5. The molecule has 0 spiro atoms. The van der Waals surface area contributed by atoms with Gasteiger partial charge in [-0.05, 0) is 31.5 Å². The van der Waals surface area contributed by atoms with Gasteiger partial charge in [-0.1, -0.05) is 12.1 Å². The van der Waals surface area contributed by atoms with Crippen LogP contribution in [0, 0.1) is 24.0 Å². The first-order valence-electron chi connectivity index (χ1n) is 5.43. The van der Waals surface area contributed by atoms with Gasteiger partial charge < -0.3 is 0 Å². The van der Waals surface area contributed by atoms with E-state index in [2.05, 4.69) is 5.10 Å². The summed E-state index contributed by atoms with van der Waals surface area (Å²) in [6.45, 7) is 3.28. The van der Waals surface area contributed by atoms with Gasteiger partial charge >= 0.3 is 0 Å². The summed E-state index contributed by atoms with van der Waals surface area (Å²) in [6, 6.07) is 6.19. The molecule has 98 valence electrons. The summed E-state index contributed by atoms with van der Waals surface area (Å²) in [5.74, 6) is 0. The highest BCUT2D eigenvalue weighted by Crippen LogP contribution is 2.26. The van der Waals surface area contributed by atoms with Crippen LogP contribution in [0.5, 0.6) is 0 Å². The van der Waals surface area contributed by atoms with Crippen LogP contribution in [0.2, 0.25) is 0 Å². The number of aromatic nitrogens is 2. The third kappa shape index (κ3) is 2.22. The molecular formula is C12H10ClN3O3. The first-order chi connectivity index (χ1) is 8.93. The molecule has 19 heavy (non-hydrogen) atoms. The van der Waals surface area contributed by atoms with Crippen LogP contribution in [0.25, 0.3) is 5.69 Å². The monoisotopic (exact) mass is 279 g/mol. The smallest absolute Gasteiger partial charge is 0.275 e. The van der Waals surface area contributed by atoms with E-state index in [4.69, 9.17) is 11.6 Å². The van der Waals surface area contributed by atoms with E-state index in [-0.39, 0.29) is 11.3 Å². The van der Waals surface area contributed by atoms with Gasteiger partial charge in [-0.2, -0.15) is 5.10 Å². The lowest BCUT2D eigenvalue weighted by Gasteiger charge is -2.05. The van der Waals surface area contributed by atoms with Crippen molar-refractivity contribution in [3.8, 4) is 5.69 Å². The van der Waals surface area contributed by atoms with Gasteiger partial charge in [0, 0.05) is 6.07 Å². The molecule has 1 aromatic heterocycles. The number of nitro benzene ring substituents is 1. The molecule has 6 nitrogen and oxygen atoms in total. The molecule has 0 bridgehead atoms. The van der Waals surface area contributed by atoms with Crippen molar-refractivity contribution in [3.63, 3.8) is 0 Å². The summed E-state index contributed by atoms with van der Waals surface area (Å²) in [7, 11) is 0. The molecule has 0 aliphatic carbocycles. The summed E-state index contributed by atoms with van der Waals surface area (Å²) in [6.07, 6.45) is 0. The van der Waals surface area contributed by atoms with E-state index in [1.807, 2.05) is 0 Å². The topological polar surface area (TPSA) is 78.0 Å². The van der Waals surface area contributed by atoms with Gasteiger partial charge in [0.25, 0.3) is 10.9 Å². The fourth-order valence-corrected chi connectivity index (χ4v) is 2.23. The Labute approximate surface area is 113 Å². The first kappa shape index (κ1) is 13.2. The molecule has 2 rings (SSSR count). The van der Waals surface area contributed by atoms with Crippen molar-refractivity contribution < 1.29 is 9.72 Å². The van der Waals surface area contributed by atoms with Crippen molar-refractivity contribution in [2.45, 2.75) is 13.8 Å². The van der Waals surface area contributed by atoms with Crippen LogP contribution >= 0.6 is 11.6 Å². The van der Waals surface area contributed by atoms with Crippen molar-refractivity contribution in [2.75, 3.05) is 0 Å². The highest BCUT2D eigenvalue weighted by molar-refractivity contribution is 6.68. The Kier molecular flexibility index (Phi) is 3.35. The molecule has 2 aromatic rings. The highest BCUT2D eigenvalue weighted by atomic mass is 35.5. The summed E-state index contributed by atoms with van der Waals surface area (Å²) < 4.78 is 1.36. The Morgan fingerprint density at radius 1 is 1.37 bits per heavy atom. The molecular weight excluding hydrogens is 270 g/mol. The van der Waals surface area contributed by atoms with E-state index >= 15 is 0 Å². The molecule has 0 amide bonds. The fraction of sp³-hybridized carbons (Fsp3) is 0.167. The number of benzene rings is 1. The van der Waals surface area contributed by atoms with Gasteiger partial charge in [-0.25, -0.2) is 4.68 Å². The third-order valence-electron chi connectivity index (χ3n) is 2.79. The lowest BCUT2D eigenvalue weighted by atomic mass is 10.2. The SMILES string of the molecule is Cc1nn(-c2ccccc2[N+](=O)[O-])c(C)c1C(=O)Cl. The zero-order valence-corrected chi connectivity index (χ0v) is 11.0. The molecule has 7 heteroatoms. The average Bonchev–Trinajstić information content (AvgIpc) is 2.64. The standard InChI is InChI=1S/C12H10ClN3O3/c1-7-11(12(13)17)8(2)15(14-7)9-5-3-4-6-10(9)16(18)19/h3-6H,1-2H3. The number of halogens is 1. The van der Waals surface area contributed by atoms with Crippen LogP contribution in [0.1, 0.15) is 21.7 Å². The number of carbonyl (C=O) groups excluding carboxylic acids is 1.